The number of allylic oxidation sites excluding steroid dienone is 2. The van der Waals surface area contributed by atoms with E-state index < -0.39 is 0 Å². The molecule has 0 heterocycles. The van der Waals surface area contributed by atoms with Crippen LogP contribution in [0.2, 0.25) is 0 Å². The van der Waals surface area contributed by atoms with E-state index in [4.69, 9.17) is 9.47 Å². The van der Waals surface area contributed by atoms with E-state index in [1.165, 1.54) is 11.1 Å². The zero-order valence-electron chi connectivity index (χ0n) is 16.9. The number of para-hydroxylation sites is 1. The summed E-state index contributed by atoms with van der Waals surface area (Å²) in [5, 5.41) is 0. The van der Waals surface area contributed by atoms with Gasteiger partial charge in [0.15, 0.2) is 0 Å². The van der Waals surface area contributed by atoms with Crippen LogP contribution in [0.15, 0.2) is 91.0 Å². The largest absolute Gasteiger partial charge is 0.494 e. The number of hydrogen-bond acceptors (Lipinski definition) is 2. The summed E-state index contributed by atoms with van der Waals surface area (Å²) in [5.74, 6) is 2.64. The fourth-order valence-electron chi connectivity index (χ4n) is 3.09. The van der Waals surface area contributed by atoms with Crippen LogP contribution >= 0.6 is 0 Å². The van der Waals surface area contributed by atoms with Gasteiger partial charge < -0.3 is 9.47 Å². The van der Waals surface area contributed by atoms with Crippen molar-refractivity contribution in [3.8, 4) is 17.2 Å². The van der Waals surface area contributed by atoms with Gasteiger partial charge in [0.25, 0.3) is 0 Å². The van der Waals surface area contributed by atoms with Gasteiger partial charge in [-0.2, -0.15) is 0 Å². The van der Waals surface area contributed by atoms with Crippen LogP contribution in [0.25, 0.3) is 0 Å². The molecule has 3 aromatic carbocycles. The van der Waals surface area contributed by atoms with Gasteiger partial charge in [0.1, 0.15) is 17.2 Å². The van der Waals surface area contributed by atoms with Crippen molar-refractivity contribution in [1.29, 1.82) is 0 Å². The summed E-state index contributed by atoms with van der Waals surface area (Å²) in [5.41, 5.74) is 2.46. The normalized spacial score (nSPS) is 11.5. The Labute approximate surface area is 168 Å². The lowest BCUT2D eigenvalue weighted by atomic mass is 9.84. The second-order valence-corrected chi connectivity index (χ2v) is 7.35. The van der Waals surface area contributed by atoms with E-state index in [1.54, 1.807) is 0 Å². The van der Waals surface area contributed by atoms with Crippen LogP contribution in [0.5, 0.6) is 17.2 Å². The molecule has 0 N–H and O–H groups in total. The Morgan fingerprint density at radius 2 is 1.50 bits per heavy atom. The van der Waals surface area contributed by atoms with Gasteiger partial charge in [-0.1, -0.05) is 68.5 Å². The highest BCUT2D eigenvalue weighted by atomic mass is 16.5. The molecule has 0 saturated heterocycles. The Balaban J connectivity index is 1.64. The van der Waals surface area contributed by atoms with E-state index >= 15 is 0 Å². The number of benzene rings is 3. The second-order valence-electron chi connectivity index (χ2n) is 7.35. The molecule has 0 bridgehead atoms. The minimum Gasteiger partial charge on any atom is -0.494 e. The van der Waals surface area contributed by atoms with Crippen molar-refractivity contribution in [3.63, 3.8) is 0 Å². The lowest BCUT2D eigenvalue weighted by Gasteiger charge is -2.21. The molecule has 0 aliphatic carbocycles. The maximum Gasteiger partial charge on any atom is 0.127 e. The van der Waals surface area contributed by atoms with Crippen LogP contribution < -0.4 is 9.47 Å². The number of rotatable bonds is 8. The third-order valence-electron chi connectivity index (χ3n) is 4.67. The van der Waals surface area contributed by atoms with Crippen molar-refractivity contribution in [2.75, 3.05) is 6.61 Å². The predicted octanol–water partition coefficient (Wildman–Crippen LogP) is 6.95. The van der Waals surface area contributed by atoms with Gasteiger partial charge in [-0.25, -0.2) is 0 Å². The summed E-state index contributed by atoms with van der Waals surface area (Å²) < 4.78 is 11.5. The fourth-order valence-corrected chi connectivity index (χ4v) is 3.09. The highest BCUT2D eigenvalue weighted by molar-refractivity contribution is 5.36. The fraction of sp³-hybridized carbons (Fsp3) is 0.231. The second kappa shape index (κ2) is 9.27. The van der Waals surface area contributed by atoms with Crippen LogP contribution in [-0.4, -0.2) is 6.61 Å². The molecule has 0 fully saturated rings. The zero-order valence-corrected chi connectivity index (χ0v) is 16.9. The van der Waals surface area contributed by atoms with Crippen molar-refractivity contribution < 1.29 is 9.47 Å². The molecule has 0 aliphatic rings. The molecule has 0 radical (unpaired) electrons. The number of ether oxygens (including phenoxy) is 2. The summed E-state index contributed by atoms with van der Waals surface area (Å²) >= 11 is 0. The Kier molecular flexibility index (Phi) is 6.54. The van der Waals surface area contributed by atoms with Crippen LogP contribution in [0, 0.1) is 0 Å². The molecular weight excluding hydrogens is 344 g/mol. The molecule has 2 nitrogen and oxygen atoms in total. The predicted molar refractivity (Wildman–Crippen MR) is 116 cm³/mol. The van der Waals surface area contributed by atoms with Crippen molar-refractivity contribution in [1.82, 2.24) is 0 Å². The molecule has 3 rings (SSSR count). The minimum absolute atomic E-state index is 0.0388. The molecule has 0 spiro atoms. The smallest absolute Gasteiger partial charge is 0.127 e. The van der Waals surface area contributed by atoms with Gasteiger partial charge in [0.2, 0.25) is 0 Å². The Morgan fingerprint density at radius 3 is 2.21 bits per heavy atom. The summed E-state index contributed by atoms with van der Waals surface area (Å²) in [4.78, 5) is 0. The van der Waals surface area contributed by atoms with Crippen molar-refractivity contribution in [2.45, 2.75) is 32.6 Å². The summed E-state index contributed by atoms with van der Waals surface area (Å²) in [7, 11) is 0. The van der Waals surface area contributed by atoms with E-state index in [0.717, 1.165) is 23.7 Å². The Morgan fingerprint density at radius 1 is 0.786 bits per heavy atom. The molecule has 0 atom stereocenters. The van der Waals surface area contributed by atoms with Gasteiger partial charge in [0, 0.05) is 5.41 Å². The first kappa shape index (κ1) is 19.8. The first-order chi connectivity index (χ1) is 13.6. The molecule has 0 aromatic heterocycles. The third-order valence-corrected chi connectivity index (χ3v) is 4.67. The average molecular weight is 373 g/mol. The first-order valence-electron chi connectivity index (χ1n) is 9.80. The Hall–Kier alpha value is -3.00. The molecule has 0 saturated carbocycles. The van der Waals surface area contributed by atoms with Crippen LogP contribution in [-0.2, 0) is 11.8 Å². The maximum atomic E-state index is 5.93. The minimum atomic E-state index is -0.0388. The molecule has 0 aliphatic heterocycles. The van der Waals surface area contributed by atoms with E-state index in [9.17, 15) is 0 Å². The quantitative estimate of drug-likeness (QED) is 0.398. The van der Waals surface area contributed by atoms with Gasteiger partial charge in [-0.05, 0) is 60.9 Å². The monoisotopic (exact) mass is 372 g/mol. The molecule has 0 unspecified atom stereocenters. The van der Waals surface area contributed by atoms with Gasteiger partial charge in [-0.15, -0.1) is 0 Å². The molecule has 2 heteroatoms. The molecule has 0 amide bonds. The summed E-state index contributed by atoms with van der Waals surface area (Å²) in [6.07, 6.45) is 5.37. The lowest BCUT2D eigenvalue weighted by molar-refractivity contribution is 0.340. The molecule has 144 valence electrons. The highest BCUT2D eigenvalue weighted by Gasteiger charge is 2.16. The number of hydrogen-bond donors (Lipinski definition) is 0. The highest BCUT2D eigenvalue weighted by Crippen LogP contribution is 2.27. The molecule has 3 aromatic rings. The average Bonchev–Trinajstić information content (AvgIpc) is 2.70. The van der Waals surface area contributed by atoms with Crippen LogP contribution in [0.3, 0.4) is 0 Å². The van der Waals surface area contributed by atoms with Crippen LogP contribution in [0.1, 0.15) is 31.9 Å². The Bertz CT molecular complexity index is 893. The zero-order chi connectivity index (χ0) is 19.8. The van der Waals surface area contributed by atoms with Crippen molar-refractivity contribution in [2.24, 2.45) is 0 Å². The summed E-state index contributed by atoms with van der Waals surface area (Å²) in [6.45, 7) is 7.15. The van der Waals surface area contributed by atoms with Gasteiger partial charge in [0.05, 0.1) is 6.61 Å². The first-order valence-corrected chi connectivity index (χ1v) is 9.80. The SMILES string of the molecule is CCOc1ccc(C(C)(C)/C=C/Cc2cccc(Oc3ccccc3)c2)cc1. The summed E-state index contributed by atoms with van der Waals surface area (Å²) in [6, 6.07) is 26.5. The third kappa shape index (κ3) is 5.50. The van der Waals surface area contributed by atoms with Gasteiger partial charge in [-0.3, -0.25) is 0 Å². The lowest BCUT2D eigenvalue weighted by Crippen LogP contribution is -2.13. The van der Waals surface area contributed by atoms with Crippen molar-refractivity contribution in [3.05, 3.63) is 102 Å². The van der Waals surface area contributed by atoms with Crippen molar-refractivity contribution >= 4 is 0 Å². The molecule has 28 heavy (non-hydrogen) atoms. The van der Waals surface area contributed by atoms with Gasteiger partial charge >= 0.3 is 0 Å². The van der Waals surface area contributed by atoms with E-state index in [-0.39, 0.29) is 5.41 Å². The van der Waals surface area contributed by atoms with E-state index in [2.05, 4.69) is 50.3 Å². The standard InChI is InChI=1S/C26H28O2/c1-4-27-23-17-15-22(16-18-23)26(2,3)19-9-11-21-10-8-14-25(20-21)28-24-12-6-5-7-13-24/h5-10,12-20H,4,11H2,1-3H3/b19-9+. The van der Waals surface area contributed by atoms with E-state index in [1.807, 2.05) is 61.5 Å². The van der Waals surface area contributed by atoms with E-state index in [0.29, 0.717) is 6.61 Å². The topological polar surface area (TPSA) is 18.5 Å². The van der Waals surface area contributed by atoms with Crippen LogP contribution in [0.4, 0.5) is 0 Å². The molecular formula is C26H28O2. The maximum absolute atomic E-state index is 5.93.